The monoisotopic (exact) mass is 703 g/mol. The molecule has 0 radical (unpaired) electrons. The number of hydrogen-bond acceptors (Lipinski definition) is 9. The molecule has 2 aliphatic carbocycles. The highest BCUT2D eigenvalue weighted by Crippen LogP contribution is 2.51. The number of likely N-dealkylation sites (tertiary alicyclic amines) is 1. The molecule has 0 spiro atoms. The Labute approximate surface area is 293 Å². The molecule has 266 valence electrons. The van der Waals surface area contributed by atoms with E-state index in [1.165, 1.54) is 11.0 Å². The van der Waals surface area contributed by atoms with Gasteiger partial charge in [-0.25, -0.2) is 23.1 Å². The molecular formula is C37H45N5O7S. The molecule has 2 heterocycles. The highest BCUT2D eigenvalue weighted by atomic mass is 32.2. The number of methoxy groups -OCH3 is 1. The number of urea groups is 1. The van der Waals surface area contributed by atoms with Crippen molar-refractivity contribution in [1.82, 2.24) is 19.5 Å². The van der Waals surface area contributed by atoms with E-state index in [9.17, 15) is 22.8 Å². The van der Waals surface area contributed by atoms with Crippen LogP contribution in [0.25, 0.3) is 10.8 Å². The first-order valence-electron chi connectivity index (χ1n) is 16.9. The van der Waals surface area contributed by atoms with Gasteiger partial charge in [0, 0.05) is 35.7 Å². The second-order valence-corrected chi connectivity index (χ2v) is 16.6. The van der Waals surface area contributed by atoms with Gasteiger partial charge in [-0.1, -0.05) is 45.0 Å². The molecule has 3 fully saturated rings. The van der Waals surface area contributed by atoms with Crippen molar-refractivity contribution in [3.63, 3.8) is 0 Å². The summed E-state index contributed by atoms with van der Waals surface area (Å²) in [6.45, 7) is 11.4. The first kappa shape index (κ1) is 35.2. The van der Waals surface area contributed by atoms with Crippen LogP contribution < -0.4 is 19.5 Å². The van der Waals surface area contributed by atoms with Crippen LogP contribution in [0.1, 0.15) is 53.4 Å². The Bertz CT molecular complexity index is 1910. The van der Waals surface area contributed by atoms with Crippen LogP contribution in [0, 0.1) is 11.3 Å². The molecular weight excluding hydrogens is 659 g/mol. The number of aromatic nitrogens is 1. The maximum Gasteiger partial charge on any atom is 0.328 e. The molecule has 3 aromatic rings. The van der Waals surface area contributed by atoms with E-state index in [1.54, 1.807) is 13.3 Å². The van der Waals surface area contributed by atoms with Crippen molar-refractivity contribution in [2.45, 2.75) is 82.4 Å². The van der Waals surface area contributed by atoms with Crippen LogP contribution in [0.2, 0.25) is 0 Å². The number of rotatable bonds is 11. The van der Waals surface area contributed by atoms with Gasteiger partial charge in [0.15, 0.2) is 0 Å². The minimum atomic E-state index is -3.99. The third kappa shape index (κ3) is 6.75. The van der Waals surface area contributed by atoms with E-state index >= 15 is 0 Å². The summed E-state index contributed by atoms with van der Waals surface area (Å²) in [7, 11) is -2.39. The predicted octanol–water partition coefficient (Wildman–Crippen LogP) is 5.11. The highest BCUT2D eigenvalue weighted by molar-refractivity contribution is 7.91. The average Bonchev–Trinajstić information content (AvgIpc) is 4.01. The number of nitrogens with zero attached hydrogens (tertiary/aromatic N) is 3. The molecule has 1 aromatic heterocycles. The Morgan fingerprint density at radius 3 is 2.46 bits per heavy atom. The van der Waals surface area contributed by atoms with Gasteiger partial charge >= 0.3 is 6.03 Å². The molecule has 13 heteroatoms. The number of carbonyl (C=O) groups excluding carboxylic acids is 3. The molecule has 0 bridgehead atoms. The Hall–Kier alpha value is -4.65. The lowest BCUT2D eigenvalue weighted by Gasteiger charge is -2.40. The zero-order valence-electron chi connectivity index (χ0n) is 29.1. The maximum atomic E-state index is 14.9. The minimum absolute atomic E-state index is 0.0493. The number of pyridine rings is 1. The molecule has 5 atom stereocenters. The molecule has 12 nitrogen and oxygen atoms in total. The van der Waals surface area contributed by atoms with Crippen LogP contribution >= 0.6 is 0 Å². The van der Waals surface area contributed by atoms with Crippen LogP contribution in [-0.4, -0.2) is 83.7 Å². The molecule has 1 aliphatic heterocycles. The number of imide groups is 1. The number of amides is 4. The Balaban J connectivity index is 1.35. The average molecular weight is 704 g/mol. The van der Waals surface area contributed by atoms with Crippen molar-refractivity contribution in [2.75, 3.05) is 19.0 Å². The van der Waals surface area contributed by atoms with Crippen LogP contribution in [0.3, 0.4) is 0 Å². The van der Waals surface area contributed by atoms with E-state index in [4.69, 9.17) is 9.47 Å². The number of para-hydroxylation sites is 1. The van der Waals surface area contributed by atoms with Crippen LogP contribution in [-0.2, 0) is 19.6 Å². The van der Waals surface area contributed by atoms with Crippen LogP contribution in [0.5, 0.6) is 11.6 Å². The third-order valence-electron chi connectivity index (χ3n) is 9.86. The van der Waals surface area contributed by atoms with Crippen molar-refractivity contribution in [3.05, 3.63) is 73.4 Å². The van der Waals surface area contributed by atoms with Crippen LogP contribution in [0.4, 0.5) is 10.5 Å². The minimum Gasteiger partial charge on any atom is -0.497 e. The predicted molar refractivity (Wildman–Crippen MR) is 190 cm³/mol. The molecule has 1 saturated heterocycles. The van der Waals surface area contributed by atoms with Gasteiger partial charge in [-0.2, -0.15) is 0 Å². The summed E-state index contributed by atoms with van der Waals surface area (Å²) < 4.78 is 40.0. The summed E-state index contributed by atoms with van der Waals surface area (Å²) in [6, 6.07) is 14.5. The van der Waals surface area contributed by atoms with Gasteiger partial charge in [0.05, 0.1) is 18.9 Å². The molecule has 2 N–H and O–H groups in total. The van der Waals surface area contributed by atoms with Gasteiger partial charge in [-0.05, 0) is 73.4 Å². The molecule has 3 aliphatic rings. The first-order valence-corrected chi connectivity index (χ1v) is 18.5. The quantitative estimate of drug-likeness (QED) is 0.260. The third-order valence-corrected chi connectivity index (χ3v) is 11.7. The lowest BCUT2D eigenvalue weighted by atomic mass is 9.85. The summed E-state index contributed by atoms with van der Waals surface area (Å²) in [6.07, 6.45) is 4.06. The molecule has 50 heavy (non-hydrogen) atoms. The number of anilines is 1. The largest absolute Gasteiger partial charge is 0.497 e. The van der Waals surface area contributed by atoms with Gasteiger partial charge in [0.25, 0.3) is 11.8 Å². The van der Waals surface area contributed by atoms with Crippen molar-refractivity contribution < 1.29 is 32.3 Å². The standard InChI is InChI=1S/C37H45N5O7S/c1-7-25-21-37(25,34(44)40-50(46,47)29-14-15-29)42(33(43)31(36(3,4)5)39-26-11-9-8-10-12-26)35(45)41-22-28(19-23(41)2)49-32-30-16-13-27(48-6)20-24(30)17-18-38-32/h7-13,16-18,20,23,25,28-29,31,39H,1,14-15,19,21-22H2,2-6H3,(H,40,44)/t23?,25-,28-,31-,37-/m1/s1. The zero-order valence-corrected chi connectivity index (χ0v) is 29.9. The fraction of sp³-hybridized carbons (Fsp3) is 0.459. The zero-order chi connectivity index (χ0) is 36.0. The van der Waals surface area contributed by atoms with E-state index in [2.05, 4.69) is 21.6 Å². The first-order chi connectivity index (χ1) is 23.7. The fourth-order valence-electron chi connectivity index (χ4n) is 6.76. The highest BCUT2D eigenvalue weighted by Gasteiger charge is 2.68. The van der Waals surface area contributed by atoms with Gasteiger partial charge in [-0.15, -0.1) is 6.58 Å². The Morgan fingerprint density at radius 1 is 1.12 bits per heavy atom. The summed E-state index contributed by atoms with van der Waals surface area (Å²) in [5.41, 5.74) is -1.86. The van der Waals surface area contributed by atoms with E-state index in [-0.39, 0.29) is 19.0 Å². The maximum absolute atomic E-state index is 14.9. The van der Waals surface area contributed by atoms with Gasteiger partial charge in [-0.3, -0.25) is 14.3 Å². The lowest BCUT2D eigenvalue weighted by Crippen LogP contribution is -2.64. The number of benzene rings is 2. The number of sulfonamides is 1. The van der Waals surface area contributed by atoms with Crippen molar-refractivity contribution in [3.8, 4) is 11.6 Å². The van der Waals surface area contributed by atoms with E-state index in [0.717, 1.165) is 15.7 Å². The van der Waals surface area contributed by atoms with Gasteiger partial charge in [0.1, 0.15) is 23.4 Å². The van der Waals surface area contributed by atoms with E-state index < -0.39 is 62.1 Å². The fourth-order valence-corrected chi connectivity index (χ4v) is 8.12. The summed E-state index contributed by atoms with van der Waals surface area (Å²) >= 11 is 0. The SMILES string of the molecule is C=C[C@@H]1C[C@@]1(C(=O)NS(=O)(=O)C1CC1)N(C(=O)[C@@H](Nc1ccccc1)C(C)(C)C)C(=O)N1C[C@H](Oc2nccc3cc(OC)ccc23)CC1C. The number of carbonyl (C=O) groups is 3. The van der Waals surface area contributed by atoms with E-state index in [0.29, 0.717) is 36.6 Å². The second kappa shape index (κ2) is 13.2. The number of fused-ring (bicyclic) bond motifs is 1. The molecule has 1 unspecified atom stereocenters. The lowest BCUT2D eigenvalue weighted by molar-refractivity contribution is -0.141. The van der Waals surface area contributed by atoms with Gasteiger partial charge in [0.2, 0.25) is 15.9 Å². The van der Waals surface area contributed by atoms with Crippen LogP contribution in [0.15, 0.2) is 73.4 Å². The van der Waals surface area contributed by atoms with Crippen molar-refractivity contribution in [2.24, 2.45) is 11.3 Å². The van der Waals surface area contributed by atoms with Crippen molar-refractivity contribution in [1.29, 1.82) is 0 Å². The molecule has 6 rings (SSSR count). The summed E-state index contributed by atoms with van der Waals surface area (Å²) in [5, 5.41) is 4.27. The van der Waals surface area contributed by atoms with Crippen molar-refractivity contribution >= 4 is 44.3 Å². The normalized spacial score (nSPS) is 23.9. The number of nitrogens with one attached hydrogen (secondary N) is 2. The molecule has 2 aromatic carbocycles. The Morgan fingerprint density at radius 2 is 1.84 bits per heavy atom. The topological polar surface area (TPSA) is 147 Å². The van der Waals surface area contributed by atoms with E-state index in [1.807, 2.05) is 82.3 Å². The molecule has 2 saturated carbocycles. The number of hydrogen-bond donors (Lipinski definition) is 2. The summed E-state index contributed by atoms with van der Waals surface area (Å²) in [4.78, 5) is 50.9. The summed E-state index contributed by atoms with van der Waals surface area (Å²) in [5.74, 6) is -1.10. The molecule has 4 amide bonds. The number of ether oxygens (including phenoxy) is 2. The smallest absolute Gasteiger partial charge is 0.328 e. The Kier molecular flexibility index (Phi) is 9.31. The van der Waals surface area contributed by atoms with Gasteiger partial charge < -0.3 is 19.7 Å². The second-order valence-electron chi connectivity index (χ2n) is 14.6.